The van der Waals surface area contributed by atoms with Crippen molar-refractivity contribution in [2.75, 3.05) is 0 Å². The van der Waals surface area contributed by atoms with Crippen LogP contribution in [0.15, 0.2) is 54.6 Å². The number of hydrogen-bond donors (Lipinski definition) is 2. The molecule has 2 nitrogen and oxygen atoms in total. The van der Waals surface area contributed by atoms with Gasteiger partial charge in [0, 0.05) is 0 Å². The van der Waals surface area contributed by atoms with E-state index in [0.29, 0.717) is 6.42 Å². The fraction of sp³-hybridized carbons (Fsp3) is 0.200. The van der Waals surface area contributed by atoms with E-state index in [0.717, 1.165) is 17.5 Å². The van der Waals surface area contributed by atoms with Crippen molar-refractivity contribution in [2.24, 2.45) is 0 Å². The van der Waals surface area contributed by atoms with Gasteiger partial charge in [-0.05, 0) is 36.1 Å². The molecule has 0 aliphatic rings. The summed E-state index contributed by atoms with van der Waals surface area (Å²) in [4.78, 5) is 0. The summed E-state index contributed by atoms with van der Waals surface area (Å²) in [5.74, 6) is 0.275. The molecule has 2 heteroatoms. The number of hydrogen-bond acceptors (Lipinski definition) is 2. The molecular formula is C15H16O2. The van der Waals surface area contributed by atoms with Gasteiger partial charge in [-0.2, -0.15) is 0 Å². The Kier molecular flexibility index (Phi) is 3.78. The van der Waals surface area contributed by atoms with E-state index in [9.17, 15) is 5.11 Å². The molecule has 0 heterocycles. The Morgan fingerprint density at radius 3 is 2.18 bits per heavy atom. The van der Waals surface area contributed by atoms with Crippen molar-refractivity contribution in [2.45, 2.75) is 18.9 Å². The molecule has 1 atom stereocenters. The van der Waals surface area contributed by atoms with Gasteiger partial charge in [0.15, 0.2) is 0 Å². The Morgan fingerprint density at radius 2 is 1.53 bits per heavy atom. The van der Waals surface area contributed by atoms with Gasteiger partial charge in [0.05, 0.1) is 6.10 Å². The lowest BCUT2D eigenvalue weighted by Gasteiger charge is -2.10. The summed E-state index contributed by atoms with van der Waals surface area (Å²) in [5.41, 5.74) is 2.07. The Hall–Kier alpha value is -1.80. The summed E-state index contributed by atoms with van der Waals surface area (Å²) in [6.45, 7) is 0. The molecule has 2 aromatic rings. The van der Waals surface area contributed by atoms with Crippen LogP contribution in [-0.4, -0.2) is 10.2 Å². The highest BCUT2D eigenvalue weighted by atomic mass is 16.3. The zero-order valence-electron chi connectivity index (χ0n) is 9.58. The predicted molar refractivity (Wildman–Crippen MR) is 67.8 cm³/mol. The van der Waals surface area contributed by atoms with E-state index in [4.69, 9.17) is 5.11 Å². The van der Waals surface area contributed by atoms with Gasteiger partial charge in [0.1, 0.15) is 5.75 Å². The topological polar surface area (TPSA) is 40.5 Å². The maximum absolute atomic E-state index is 9.99. The molecule has 17 heavy (non-hydrogen) atoms. The molecule has 2 N–H and O–H groups in total. The SMILES string of the molecule is Oc1ccc(CCC(O)c2ccccc2)cc1. The molecule has 2 aromatic carbocycles. The molecule has 0 saturated heterocycles. The van der Waals surface area contributed by atoms with Crippen molar-refractivity contribution in [1.29, 1.82) is 0 Å². The van der Waals surface area contributed by atoms with Gasteiger partial charge < -0.3 is 10.2 Å². The highest BCUT2D eigenvalue weighted by Crippen LogP contribution is 2.19. The minimum atomic E-state index is -0.426. The standard InChI is InChI=1S/C15H16O2/c16-14-9-6-12(7-10-14)8-11-15(17)13-4-2-1-3-5-13/h1-7,9-10,15-17H,8,11H2. The van der Waals surface area contributed by atoms with Gasteiger partial charge in [-0.3, -0.25) is 0 Å². The lowest BCUT2D eigenvalue weighted by molar-refractivity contribution is 0.168. The van der Waals surface area contributed by atoms with Crippen LogP contribution in [0.3, 0.4) is 0 Å². The summed E-state index contributed by atoms with van der Waals surface area (Å²) >= 11 is 0. The number of phenols is 1. The molecule has 0 fully saturated rings. The van der Waals surface area contributed by atoms with Gasteiger partial charge in [-0.25, -0.2) is 0 Å². The van der Waals surface area contributed by atoms with Crippen molar-refractivity contribution < 1.29 is 10.2 Å². The molecule has 88 valence electrons. The second kappa shape index (κ2) is 5.51. The van der Waals surface area contributed by atoms with Crippen LogP contribution in [0.25, 0.3) is 0 Å². The van der Waals surface area contributed by atoms with Crippen molar-refractivity contribution >= 4 is 0 Å². The van der Waals surface area contributed by atoms with Gasteiger partial charge in [-0.15, -0.1) is 0 Å². The van der Waals surface area contributed by atoms with E-state index < -0.39 is 6.10 Å². The number of aryl methyl sites for hydroxylation is 1. The molecule has 1 unspecified atom stereocenters. The zero-order chi connectivity index (χ0) is 12.1. The van der Waals surface area contributed by atoms with Crippen LogP contribution in [0.2, 0.25) is 0 Å². The first-order chi connectivity index (χ1) is 8.25. The third-order valence-electron chi connectivity index (χ3n) is 2.83. The van der Waals surface area contributed by atoms with Crippen LogP contribution in [-0.2, 0) is 6.42 Å². The Balaban J connectivity index is 1.92. The van der Waals surface area contributed by atoms with E-state index >= 15 is 0 Å². The monoisotopic (exact) mass is 228 g/mol. The second-order valence-corrected chi connectivity index (χ2v) is 4.13. The number of aromatic hydroxyl groups is 1. The maximum atomic E-state index is 9.99. The van der Waals surface area contributed by atoms with Gasteiger partial charge in [-0.1, -0.05) is 42.5 Å². The van der Waals surface area contributed by atoms with Crippen LogP contribution in [0.4, 0.5) is 0 Å². The van der Waals surface area contributed by atoms with Crippen molar-refractivity contribution in [3.8, 4) is 5.75 Å². The summed E-state index contributed by atoms with van der Waals surface area (Å²) in [6, 6.07) is 16.8. The number of aliphatic hydroxyl groups is 1. The van der Waals surface area contributed by atoms with E-state index in [2.05, 4.69) is 0 Å². The number of phenolic OH excluding ortho intramolecular Hbond substituents is 1. The number of aliphatic hydroxyl groups excluding tert-OH is 1. The summed E-state index contributed by atoms with van der Waals surface area (Å²) in [7, 11) is 0. The molecule has 0 spiro atoms. The van der Waals surface area contributed by atoms with Crippen molar-refractivity contribution in [1.82, 2.24) is 0 Å². The summed E-state index contributed by atoms with van der Waals surface area (Å²) in [5, 5.41) is 19.1. The molecule has 0 radical (unpaired) electrons. The van der Waals surface area contributed by atoms with E-state index in [-0.39, 0.29) is 5.75 Å². The molecule has 0 aliphatic heterocycles. The highest BCUT2D eigenvalue weighted by molar-refractivity contribution is 5.26. The van der Waals surface area contributed by atoms with Crippen LogP contribution >= 0.6 is 0 Å². The minimum absolute atomic E-state index is 0.275. The molecule has 0 saturated carbocycles. The Morgan fingerprint density at radius 1 is 0.882 bits per heavy atom. The quantitative estimate of drug-likeness (QED) is 0.844. The third-order valence-corrected chi connectivity index (χ3v) is 2.83. The lowest BCUT2D eigenvalue weighted by Crippen LogP contribution is -1.99. The zero-order valence-corrected chi connectivity index (χ0v) is 9.58. The largest absolute Gasteiger partial charge is 0.508 e. The fourth-order valence-corrected chi connectivity index (χ4v) is 1.81. The van der Waals surface area contributed by atoms with Crippen LogP contribution in [0.5, 0.6) is 5.75 Å². The molecular weight excluding hydrogens is 212 g/mol. The van der Waals surface area contributed by atoms with Crippen LogP contribution in [0.1, 0.15) is 23.7 Å². The number of rotatable bonds is 4. The van der Waals surface area contributed by atoms with E-state index in [1.165, 1.54) is 0 Å². The minimum Gasteiger partial charge on any atom is -0.508 e. The summed E-state index contributed by atoms with van der Waals surface area (Å²) in [6.07, 6.45) is 1.07. The van der Waals surface area contributed by atoms with E-state index in [1.807, 2.05) is 42.5 Å². The normalized spacial score (nSPS) is 12.3. The van der Waals surface area contributed by atoms with Crippen molar-refractivity contribution in [3.63, 3.8) is 0 Å². The fourth-order valence-electron chi connectivity index (χ4n) is 1.81. The maximum Gasteiger partial charge on any atom is 0.115 e. The summed E-state index contributed by atoms with van der Waals surface area (Å²) < 4.78 is 0. The molecule has 0 bridgehead atoms. The average Bonchev–Trinajstić information content (AvgIpc) is 2.39. The van der Waals surface area contributed by atoms with Crippen LogP contribution < -0.4 is 0 Å². The highest BCUT2D eigenvalue weighted by Gasteiger charge is 2.06. The Labute approximate surface area is 101 Å². The van der Waals surface area contributed by atoms with Gasteiger partial charge >= 0.3 is 0 Å². The van der Waals surface area contributed by atoms with E-state index in [1.54, 1.807) is 12.1 Å². The van der Waals surface area contributed by atoms with Crippen LogP contribution in [0, 0.1) is 0 Å². The smallest absolute Gasteiger partial charge is 0.115 e. The third kappa shape index (κ3) is 3.33. The number of benzene rings is 2. The second-order valence-electron chi connectivity index (χ2n) is 4.13. The van der Waals surface area contributed by atoms with Gasteiger partial charge in [0.2, 0.25) is 0 Å². The molecule has 0 aliphatic carbocycles. The Bertz CT molecular complexity index is 448. The molecule has 0 aromatic heterocycles. The first-order valence-electron chi connectivity index (χ1n) is 5.76. The molecule has 0 amide bonds. The first-order valence-corrected chi connectivity index (χ1v) is 5.76. The predicted octanol–water partition coefficient (Wildman–Crippen LogP) is 3.06. The molecule has 2 rings (SSSR count). The lowest BCUT2D eigenvalue weighted by atomic mass is 10.0. The van der Waals surface area contributed by atoms with Crippen molar-refractivity contribution in [3.05, 3.63) is 65.7 Å². The van der Waals surface area contributed by atoms with Gasteiger partial charge in [0.25, 0.3) is 0 Å². The first kappa shape index (κ1) is 11.7. The average molecular weight is 228 g/mol.